The molecule has 0 aliphatic rings. The number of hydrogen-bond donors (Lipinski definition) is 1. The van der Waals surface area contributed by atoms with Crippen LogP contribution in [-0.4, -0.2) is 44.8 Å². The fourth-order valence-corrected chi connectivity index (χ4v) is 5.63. The Bertz CT molecular complexity index is 1390. The van der Waals surface area contributed by atoms with Gasteiger partial charge in [0.25, 0.3) is 10.0 Å². The fourth-order valence-electron chi connectivity index (χ4n) is 3.96. The molecule has 0 saturated carbocycles. The average molecular weight is 542 g/mol. The van der Waals surface area contributed by atoms with Crippen molar-refractivity contribution in [2.24, 2.45) is 0 Å². The number of carbonyl (C=O) groups is 2. The molecule has 3 aromatic rings. The van der Waals surface area contributed by atoms with E-state index in [-0.39, 0.29) is 17.3 Å². The van der Waals surface area contributed by atoms with E-state index in [1.165, 1.54) is 24.1 Å². The number of amides is 2. The van der Waals surface area contributed by atoms with Crippen LogP contribution in [0.3, 0.4) is 0 Å². The number of aryl methyl sites for hydroxylation is 2. The molecule has 0 aliphatic heterocycles. The van der Waals surface area contributed by atoms with Gasteiger partial charge in [0.15, 0.2) is 0 Å². The van der Waals surface area contributed by atoms with Gasteiger partial charge in [0, 0.05) is 18.6 Å². The molecule has 9 heteroatoms. The number of nitrogens with one attached hydrogen (secondary N) is 1. The lowest BCUT2D eigenvalue weighted by molar-refractivity contribution is -0.139. The van der Waals surface area contributed by atoms with Crippen molar-refractivity contribution in [3.63, 3.8) is 0 Å². The second-order valence-electron chi connectivity index (χ2n) is 8.95. The number of carbonyl (C=O) groups excluding carboxylic acids is 2. The quantitative estimate of drug-likeness (QED) is 0.428. The number of anilines is 1. The van der Waals surface area contributed by atoms with Gasteiger partial charge in [-0.25, -0.2) is 8.42 Å². The maximum absolute atomic E-state index is 13.9. The van der Waals surface area contributed by atoms with E-state index < -0.39 is 28.5 Å². The molecule has 2 amide bonds. The highest BCUT2D eigenvalue weighted by Crippen LogP contribution is 2.29. The van der Waals surface area contributed by atoms with Crippen LogP contribution in [0.5, 0.6) is 0 Å². The summed E-state index contributed by atoms with van der Waals surface area (Å²) in [6.45, 7) is 6.72. The van der Waals surface area contributed by atoms with Crippen molar-refractivity contribution in [2.75, 3.05) is 17.9 Å². The standard InChI is InChI=1S/C28H32ClN3O4S/c1-19-13-15-24(16-14-19)37(35,36)32(26-12-8-9-20(2)21(26)3)18-27(33)31(22(4)28(34)30-5)17-23-10-6-7-11-25(23)29/h6-16,22H,17-18H2,1-5H3,(H,30,34)/t22-/m1/s1. The van der Waals surface area contributed by atoms with Crippen molar-refractivity contribution in [2.45, 2.75) is 45.2 Å². The maximum atomic E-state index is 13.9. The highest BCUT2D eigenvalue weighted by atomic mass is 35.5. The molecule has 0 aromatic heterocycles. The molecule has 1 atom stereocenters. The first-order valence-electron chi connectivity index (χ1n) is 11.9. The summed E-state index contributed by atoms with van der Waals surface area (Å²) in [5, 5.41) is 3.01. The van der Waals surface area contributed by atoms with Crippen molar-refractivity contribution in [1.82, 2.24) is 10.2 Å². The van der Waals surface area contributed by atoms with E-state index in [2.05, 4.69) is 5.32 Å². The monoisotopic (exact) mass is 541 g/mol. The van der Waals surface area contributed by atoms with Crippen LogP contribution >= 0.6 is 11.6 Å². The lowest BCUT2D eigenvalue weighted by Gasteiger charge is -2.32. The van der Waals surface area contributed by atoms with E-state index in [4.69, 9.17) is 11.6 Å². The van der Waals surface area contributed by atoms with Gasteiger partial charge in [-0.2, -0.15) is 0 Å². The van der Waals surface area contributed by atoms with Gasteiger partial charge in [-0.15, -0.1) is 0 Å². The first kappa shape index (κ1) is 28.2. The number of sulfonamides is 1. The third-order valence-corrected chi connectivity index (χ3v) is 8.59. The molecule has 3 rings (SSSR count). The minimum Gasteiger partial charge on any atom is -0.357 e. The third kappa shape index (κ3) is 6.32. The average Bonchev–Trinajstić information content (AvgIpc) is 2.87. The van der Waals surface area contributed by atoms with Crippen LogP contribution in [0, 0.1) is 20.8 Å². The molecule has 0 unspecified atom stereocenters. The molecule has 1 N–H and O–H groups in total. The molecule has 0 spiro atoms. The Hall–Kier alpha value is -3.36. The number of hydrogen-bond acceptors (Lipinski definition) is 4. The normalized spacial score (nSPS) is 12.1. The van der Waals surface area contributed by atoms with E-state index in [9.17, 15) is 18.0 Å². The zero-order valence-electron chi connectivity index (χ0n) is 21.7. The Morgan fingerprint density at radius 3 is 2.22 bits per heavy atom. The minimum atomic E-state index is -4.11. The summed E-state index contributed by atoms with van der Waals surface area (Å²) in [4.78, 5) is 27.8. The number of likely N-dealkylation sites (N-methyl/N-ethyl adjacent to an activating group) is 1. The van der Waals surface area contributed by atoms with Crippen LogP contribution in [-0.2, 0) is 26.2 Å². The SMILES string of the molecule is CNC(=O)[C@@H](C)N(Cc1ccccc1Cl)C(=O)CN(c1cccc(C)c1C)S(=O)(=O)c1ccc(C)cc1. The van der Waals surface area contributed by atoms with Crippen molar-refractivity contribution >= 4 is 39.1 Å². The summed E-state index contributed by atoms with van der Waals surface area (Å²) in [6.07, 6.45) is 0. The Kier molecular flexibility index (Phi) is 8.99. The molecule has 0 fully saturated rings. The van der Waals surface area contributed by atoms with Crippen LogP contribution < -0.4 is 9.62 Å². The zero-order chi connectivity index (χ0) is 27.3. The first-order valence-corrected chi connectivity index (χ1v) is 13.7. The summed E-state index contributed by atoms with van der Waals surface area (Å²) >= 11 is 6.35. The molecule has 37 heavy (non-hydrogen) atoms. The molecule has 0 saturated heterocycles. The minimum absolute atomic E-state index is 0.0400. The molecule has 0 radical (unpaired) electrons. The van der Waals surface area contributed by atoms with E-state index in [0.717, 1.165) is 21.0 Å². The Morgan fingerprint density at radius 2 is 1.59 bits per heavy atom. The molecule has 0 aliphatic carbocycles. The summed E-state index contributed by atoms with van der Waals surface area (Å²) in [7, 11) is -2.62. The molecule has 196 valence electrons. The van der Waals surface area contributed by atoms with Crippen LogP contribution in [0.25, 0.3) is 0 Å². The van der Waals surface area contributed by atoms with Gasteiger partial charge in [-0.1, -0.05) is 59.6 Å². The molecular weight excluding hydrogens is 510 g/mol. The van der Waals surface area contributed by atoms with Gasteiger partial charge in [0.05, 0.1) is 10.6 Å². The summed E-state index contributed by atoms with van der Waals surface area (Å²) in [5.41, 5.74) is 3.59. The van der Waals surface area contributed by atoms with E-state index >= 15 is 0 Å². The number of rotatable bonds is 9. The topological polar surface area (TPSA) is 86.8 Å². The van der Waals surface area contributed by atoms with Crippen LogP contribution in [0.2, 0.25) is 5.02 Å². The lowest BCUT2D eigenvalue weighted by atomic mass is 10.1. The Balaban J connectivity index is 2.09. The molecular formula is C28H32ClN3O4S. The number of halogens is 1. The van der Waals surface area contributed by atoms with Gasteiger partial charge in [0.2, 0.25) is 11.8 Å². The number of nitrogens with zero attached hydrogens (tertiary/aromatic N) is 2. The molecule has 7 nitrogen and oxygen atoms in total. The molecule has 3 aromatic carbocycles. The van der Waals surface area contributed by atoms with Crippen molar-refractivity contribution in [3.8, 4) is 0 Å². The van der Waals surface area contributed by atoms with Gasteiger partial charge < -0.3 is 10.2 Å². The van der Waals surface area contributed by atoms with Crippen LogP contribution in [0.1, 0.15) is 29.2 Å². The largest absolute Gasteiger partial charge is 0.357 e. The zero-order valence-corrected chi connectivity index (χ0v) is 23.2. The van der Waals surface area contributed by atoms with E-state index in [1.54, 1.807) is 55.5 Å². The molecule has 0 bridgehead atoms. The highest BCUT2D eigenvalue weighted by molar-refractivity contribution is 7.92. The predicted molar refractivity (Wildman–Crippen MR) is 147 cm³/mol. The summed E-state index contributed by atoms with van der Waals surface area (Å²) < 4.78 is 28.9. The highest BCUT2D eigenvalue weighted by Gasteiger charge is 2.33. The summed E-state index contributed by atoms with van der Waals surface area (Å²) in [5.74, 6) is -0.910. The Morgan fingerprint density at radius 1 is 0.946 bits per heavy atom. The van der Waals surface area contributed by atoms with Gasteiger partial charge in [-0.3, -0.25) is 13.9 Å². The predicted octanol–water partition coefficient (Wildman–Crippen LogP) is 4.62. The van der Waals surface area contributed by atoms with Gasteiger partial charge >= 0.3 is 0 Å². The van der Waals surface area contributed by atoms with Gasteiger partial charge in [-0.05, 0) is 68.7 Å². The van der Waals surface area contributed by atoms with E-state index in [1.807, 2.05) is 26.8 Å². The second kappa shape index (κ2) is 11.8. The van der Waals surface area contributed by atoms with E-state index in [0.29, 0.717) is 16.3 Å². The first-order chi connectivity index (χ1) is 17.5. The third-order valence-electron chi connectivity index (χ3n) is 6.44. The number of benzene rings is 3. The second-order valence-corrected chi connectivity index (χ2v) is 11.2. The smallest absolute Gasteiger partial charge is 0.264 e. The maximum Gasteiger partial charge on any atom is 0.264 e. The van der Waals surface area contributed by atoms with Crippen molar-refractivity contribution < 1.29 is 18.0 Å². The molecule has 0 heterocycles. The summed E-state index contributed by atoms with van der Waals surface area (Å²) in [6, 6.07) is 18.0. The fraction of sp³-hybridized carbons (Fsp3) is 0.286. The van der Waals surface area contributed by atoms with Crippen LogP contribution in [0.4, 0.5) is 5.69 Å². The van der Waals surface area contributed by atoms with Crippen molar-refractivity contribution in [3.05, 3.63) is 94.0 Å². The Labute approximate surface area is 224 Å². The lowest BCUT2D eigenvalue weighted by Crippen LogP contribution is -2.50. The van der Waals surface area contributed by atoms with Crippen LogP contribution in [0.15, 0.2) is 71.6 Å². The van der Waals surface area contributed by atoms with Crippen molar-refractivity contribution in [1.29, 1.82) is 0 Å². The van der Waals surface area contributed by atoms with Gasteiger partial charge in [0.1, 0.15) is 12.6 Å².